The van der Waals surface area contributed by atoms with Crippen molar-refractivity contribution in [2.45, 2.75) is 26.3 Å². The van der Waals surface area contributed by atoms with E-state index < -0.39 is 11.8 Å². The van der Waals surface area contributed by atoms with Gasteiger partial charge in [0.05, 0.1) is 12.5 Å². The third kappa shape index (κ3) is 3.97. The maximum Gasteiger partial charge on any atom is 0.313 e. The van der Waals surface area contributed by atoms with Crippen molar-refractivity contribution in [2.24, 2.45) is 0 Å². The lowest BCUT2D eigenvalue weighted by atomic mass is 10.2. The first-order chi connectivity index (χ1) is 9.36. The van der Waals surface area contributed by atoms with Crippen molar-refractivity contribution < 1.29 is 9.59 Å². The van der Waals surface area contributed by atoms with E-state index in [1.807, 2.05) is 13.0 Å². The summed E-state index contributed by atoms with van der Waals surface area (Å²) in [5.74, 6) is -1.44. The van der Waals surface area contributed by atoms with Gasteiger partial charge >= 0.3 is 11.8 Å². The number of hydrogen-bond acceptors (Lipinski definition) is 3. The molecular formula is C14H16ClN3O2. The summed E-state index contributed by atoms with van der Waals surface area (Å²) < 4.78 is 0. The molecule has 20 heavy (non-hydrogen) atoms. The van der Waals surface area contributed by atoms with Crippen molar-refractivity contribution in [1.29, 1.82) is 5.26 Å². The first-order valence-electron chi connectivity index (χ1n) is 6.08. The Hall–Kier alpha value is -2.06. The number of nitrogens with zero attached hydrogens (tertiary/aromatic N) is 2. The molecule has 0 aromatic heterocycles. The molecule has 0 saturated heterocycles. The van der Waals surface area contributed by atoms with E-state index in [0.29, 0.717) is 10.7 Å². The quantitative estimate of drug-likeness (QED) is 0.869. The number of carbonyl (C=O) groups is 2. The normalized spacial score (nSPS) is 11.3. The van der Waals surface area contributed by atoms with Crippen LogP contribution in [0.25, 0.3) is 0 Å². The molecule has 1 N–H and O–H groups in total. The molecule has 0 radical (unpaired) electrons. The van der Waals surface area contributed by atoms with Crippen LogP contribution in [0, 0.1) is 18.3 Å². The van der Waals surface area contributed by atoms with Crippen molar-refractivity contribution in [2.75, 3.05) is 12.4 Å². The highest BCUT2D eigenvalue weighted by atomic mass is 35.5. The number of carbonyl (C=O) groups excluding carboxylic acids is 2. The summed E-state index contributed by atoms with van der Waals surface area (Å²) >= 11 is 5.95. The summed E-state index contributed by atoms with van der Waals surface area (Å²) in [5, 5.41) is 11.6. The van der Waals surface area contributed by atoms with E-state index in [1.165, 1.54) is 11.9 Å². The van der Waals surface area contributed by atoms with Crippen LogP contribution >= 0.6 is 11.6 Å². The summed E-state index contributed by atoms with van der Waals surface area (Å²) in [5.41, 5.74) is 1.34. The highest BCUT2D eigenvalue weighted by Crippen LogP contribution is 2.20. The van der Waals surface area contributed by atoms with Crippen LogP contribution in [0.15, 0.2) is 18.2 Å². The van der Waals surface area contributed by atoms with Crippen LogP contribution in [-0.4, -0.2) is 29.8 Å². The average Bonchev–Trinajstić information content (AvgIpc) is 2.41. The van der Waals surface area contributed by atoms with Gasteiger partial charge < -0.3 is 10.2 Å². The number of nitrogens with one attached hydrogen (secondary N) is 1. The lowest BCUT2D eigenvalue weighted by Crippen LogP contribution is -2.42. The van der Waals surface area contributed by atoms with Gasteiger partial charge in [-0.25, -0.2) is 0 Å². The highest BCUT2D eigenvalue weighted by molar-refractivity contribution is 6.39. The van der Waals surface area contributed by atoms with Crippen molar-refractivity contribution in [1.82, 2.24) is 4.90 Å². The molecule has 0 unspecified atom stereocenters. The SMILES string of the molecule is Cc1ccc(NC(=O)C(=O)N(C)[C@@H](C)CC#N)cc1Cl. The standard InChI is InChI=1S/C14H16ClN3O2/c1-9-4-5-11(8-12(9)15)17-13(19)14(20)18(3)10(2)6-7-16/h4-5,8,10H,6H2,1-3H3,(H,17,19)/t10-/m0/s1. The van der Waals surface area contributed by atoms with E-state index in [-0.39, 0.29) is 12.5 Å². The van der Waals surface area contributed by atoms with Gasteiger partial charge in [-0.3, -0.25) is 9.59 Å². The molecule has 0 aliphatic carbocycles. The Morgan fingerprint density at radius 1 is 1.50 bits per heavy atom. The zero-order valence-electron chi connectivity index (χ0n) is 11.6. The predicted molar refractivity (Wildman–Crippen MR) is 77.3 cm³/mol. The van der Waals surface area contributed by atoms with Crippen LogP contribution in [0.1, 0.15) is 18.9 Å². The van der Waals surface area contributed by atoms with Gasteiger partial charge in [0, 0.05) is 23.8 Å². The Morgan fingerprint density at radius 3 is 2.70 bits per heavy atom. The molecule has 6 heteroatoms. The summed E-state index contributed by atoms with van der Waals surface area (Å²) in [7, 11) is 1.49. The number of benzene rings is 1. The Bertz CT molecular complexity index is 566. The van der Waals surface area contributed by atoms with Crippen LogP contribution in [0.2, 0.25) is 5.02 Å². The lowest BCUT2D eigenvalue weighted by Gasteiger charge is -2.22. The molecule has 0 bridgehead atoms. The number of amides is 2. The second kappa shape index (κ2) is 6.92. The largest absolute Gasteiger partial charge is 0.334 e. The van der Waals surface area contributed by atoms with E-state index in [1.54, 1.807) is 25.1 Å². The number of hydrogen-bond donors (Lipinski definition) is 1. The second-order valence-electron chi connectivity index (χ2n) is 4.55. The number of likely N-dealkylation sites (N-methyl/N-ethyl adjacent to an activating group) is 1. The van der Waals surface area contributed by atoms with Gasteiger partial charge in [0.2, 0.25) is 0 Å². The minimum absolute atomic E-state index is 0.172. The number of aryl methyl sites for hydroxylation is 1. The van der Waals surface area contributed by atoms with Gasteiger partial charge in [0.25, 0.3) is 0 Å². The second-order valence-corrected chi connectivity index (χ2v) is 4.95. The van der Waals surface area contributed by atoms with Gasteiger partial charge in [-0.15, -0.1) is 0 Å². The zero-order valence-corrected chi connectivity index (χ0v) is 12.4. The molecule has 5 nitrogen and oxygen atoms in total. The monoisotopic (exact) mass is 293 g/mol. The van der Waals surface area contributed by atoms with E-state index in [9.17, 15) is 9.59 Å². The topological polar surface area (TPSA) is 73.2 Å². The summed E-state index contributed by atoms with van der Waals surface area (Å²) in [6, 6.07) is 6.65. The maximum absolute atomic E-state index is 11.9. The Balaban J connectivity index is 2.73. The molecule has 0 fully saturated rings. The summed E-state index contributed by atoms with van der Waals surface area (Å²) in [4.78, 5) is 25.0. The van der Waals surface area contributed by atoms with Gasteiger partial charge in [-0.2, -0.15) is 5.26 Å². The molecule has 0 aliphatic rings. The minimum atomic E-state index is -0.753. The molecule has 106 valence electrons. The molecule has 1 aromatic rings. The molecule has 0 spiro atoms. The van der Waals surface area contributed by atoms with Crippen molar-refractivity contribution >= 4 is 29.1 Å². The van der Waals surface area contributed by atoms with E-state index in [0.717, 1.165) is 5.56 Å². The van der Waals surface area contributed by atoms with Crippen molar-refractivity contribution in [3.63, 3.8) is 0 Å². The van der Waals surface area contributed by atoms with Crippen LogP contribution < -0.4 is 5.32 Å². The molecular weight excluding hydrogens is 278 g/mol. The molecule has 1 atom stereocenters. The lowest BCUT2D eigenvalue weighted by molar-refractivity contribution is -0.143. The van der Waals surface area contributed by atoms with E-state index >= 15 is 0 Å². The third-order valence-electron chi connectivity index (χ3n) is 2.99. The first-order valence-corrected chi connectivity index (χ1v) is 6.46. The zero-order chi connectivity index (χ0) is 15.3. The highest BCUT2D eigenvalue weighted by Gasteiger charge is 2.22. The minimum Gasteiger partial charge on any atom is -0.334 e. The van der Waals surface area contributed by atoms with Gasteiger partial charge in [0.15, 0.2) is 0 Å². The number of halogens is 1. The van der Waals surface area contributed by atoms with Gasteiger partial charge in [0.1, 0.15) is 0 Å². The molecule has 1 rings (SSSR count). The summed E-state index contributed by atoms with van der Waals surface area (Å²) in [6.07, 6.45) is 0.172. The molecule has 0 saturated carbocycles. The molecule has 0 heterocycles. The van der Waals surface area contributed by atoms with Gasteiger partial charge in [-0.05, 0) is 31.5 Å². The number of nitriles is 1. The van der Waals surface area contributed by atoms with Crippen molar-refractivity contribution in [3.05, 3.63) is 28.8 Å². The van der Waals surface area contributed by atoms with E-state index in [2.05, 4.69) is 5.32 Å². The Morgan fingerprint density at radius 2 is 2.15 bits per heavy atom. The number of rotatable bonds is 3. The van der Waals surface area contributed by atoms with E-state index in [4.69, 9.17) is 16.9 Å². The van der Waals surface area contributed by atoms with Crippen LogP contribution in [0.3, 0.4) is 0 Å². The van der Waals surface area contributed by atoms with Crippen LogP contribution in [0.5, 0.6) is 0 Å². The first kappa shape index (κ1) is 16.0. The molecule has 2 amide bonds. The third-order valence-corrected chi connectivity index (χ3v) is 3.40. The smallest absolute Gasteiger partial charge is 0.313 e. The fourth-order valence-electron chi connectivity index (χ4n) is 1.48. The fourth-order valence-corrected chi connectivity index (χ4v) is 1.67. The number of anilines is 1. The van der Waals surface area contributed by atoms with Crippen molar-refractivity contribution in [3.8, 4) is 6.07 Å². The van der Waals surface area contributed by atoms with Gasteiger partial charge in [-0.1, -0.05) is 17.7 Å². The summed E-state index contributed by atoms with van der Waals surface area (Å²) in [6.45, 7) is 3.55. The maximum atomic E-state index is 11.9. The van der Waals surface area contributed by atoms with Crippen LogP contribution in [-0.2, 0) is 9.59 Å². The fraction of sp³-hybridized carbons (Fsp3) is 0.357. The predicted octanol–water partition coefficient (Wildman–Crippen LogP) is 2.35. The Labute approximate surface area is 123 Å². The molecule has 1 aromatic carbocycles. The molecule has 0 aliphatic heterocycles. The average molecular weight is 294 g/mol. The Kier molecular flexibility index (Phi) is 5.53. The van der Waals surface area contributed by atoms with Crippen LogP contribution in [0.4, 0.5) is 5.69 Å².